The molecular formula is C24H26N4O2S. The Kier molecular flexibility index (Phi) is 5.96. The van der Waals surface area contributed by atoms with E-state index in [9.17, 15) is 9.59 Å². The molecule has 0 radical (unpaired) electrons. The zero-order valence-electron chi connectivity index (χ0n) is 18.1. The number of hydrogen-bond donors (Lipinski definition) is 1. The summed E-state index contributed by atoms with van der Waals surface area (Å²) in [6, 6.07) is 15.0. The summed E-state index contributed by atoms with van der Waals surface area (Å²) in [6.07, 6.45) is 0.629. The van der Waals surface area contributed by atoms with E-state index >= 15 is 0 Å². The second-order valence-corrected chi connectivity index (χ2v) is 9.23. The highest BCUT2D eigenvalue weighted by Gasteiger charge is 2.44. The number of para-hydroxylation sites is 2. The summed E-state index contributed by atoms with van der Waals surface area (Å²) in [5, 5.41) is 3.34. The smallest absolute Gasteiger partial charge is 0.271 e. The minimum atomic E-state index is -0.411. The molecule has 2 aromatic carbocycles. The predicted octanol–water partition coefficient (Wildman–Crippen LogP) is 4.76. The van der Waals surface area contributed by atoms with Gasteiger partial charge < -0.3 is 5.32 Å². The summed E-state index contributed by atoms with van der Waals surface area (Å²) in [7, 11) is 0. The number of fused-ring (bicyclic) bond motifs is 3. The minimum Gasteiger partial charge on any atom is -0.325 e. The molecule has 6 nitrogen and oxygen atoms in total. The quantitative estimate of drug-likeness (QED) is 0.736. The molecule has 2 heterocycles. The van der Waals surface area contributed by atoms with Crippen LogP contribution in [-0.4, -0.2) is 39.0 Å². The van der Waals surface area contributed by atoms with Crippen molar-refractivity contribution in [3.8, 4) is 0 Å². The number of nitrogens with one attached hydrogen (secondary N) is 1. The molecule has 0 saturated carbocycles. The van der Waals surface area contributed by atoms with Gasteiger partial charge in [-0.15, -0.1) is 0 Å². The van der Waals surface area contributed by atoms with Crippen LogP contribution in [0.2, 0.25) is 0 Å². The zero-order chi connectivity index (χ0) is 22.1. The zero-order valence-corrected chi connectivity index (χ0v) is 18.9. The van der Waals surface area contributed by atoms with E-state index in [0.29, 0.717) is 17.4 Å². The number of carbonyl (C=O) groups excluding carboxylic acids is 2. The van der Waals surface area contributed by atoms with Crippen molar-refractivity contribution in [3.05, 3.63) is 59.7 Å². The maximum atomic E-state index is 13.1. The monoisotopic (exact) mass is 434 g/mol. The van der Waals surface area contributed by atoms with Gasteiger partial charge >= 0.3 is 0 Å². The molecule has 2 atom stereocenters. The molecule has 4 rings (SSSR count). The third-order valence-electron chi connectivity index (χ3n) is 5.49. The first-order valence-electron chi connectivity index (χ1n) is 10.5. The standard InChI is InChI=1S/C24H26N4O2S/c1-5-19(22(29)25-17-12-8-6-10-15(17)4)31-24-26-18-13-9-7-11-16(18)21-27-23(30)20(14(2)3)28(21)24/h6-14,19-20H,5H2,1-4H3,(H,25,29). The summed E-state index contributed by atoms with van der Waals surface area (Å²) >= 11 is 1.39. The lowest BCUT2D eigenvalue weighted by molar-refractivity contribution is -0.120. The molecule has 0 bridgehead atoms. The van der Waals surface area contributed by atoms with Crippen LogP contribution in [0, 0.1) is 12.8 Å². The number of aryl methyl sites for hydroxylation is 1. The molecule has 160 valence electrons. The fourth-order valence-corrected chi connectivity index (χ4v) is 4.88. The number of carbonyl (C=O) groups is 2. The molecule has 0 aliphatic carbocycles. The normalized spacial score (nSPS) is 18.3. The second kappa shape index (κ2) is 8.67. The molecule has 0 spiro atoms. The summed E-state index contributed by atoms with van der Waals surface area (Å²) in [6.45, 7) is 7.96. The van der Waals surface area contributed by atoms with Crippen LogP contribution in [0.25, 0.3) is 0 Å². The van der Waals surface area contributed by atoms with Crippen molar-refractivity contribution < 1.29 is 9.59 Å². The van der Waals surface area contributed by atoms with Gasteiger partial charge in [0.15, 0.2) is 5.17 Å². The van der Waals surface area contributed by atoms with Gasteiger partial charge in [-0.05, 0) is 43.0 Å². The molecule has 2 unspecified atom stereocenters. The van der Waals surface area contributed by atoms with Crippen LogP contribution >= 0.6 is 11.8 Å². The van der Waals surface area contributed by atoms with Crippen LogP contribution in [-0.2, 0) is 9.59 Å². The molecule has 2 aliphatic rings. The van der Waals surface area contributed by atoms with E-state index in [1.54, 1.807) is 0 Å². The summed E-state index contributed by atoms with van der Waals surface area (Å²) in [5.74, 6) is 0.456. The molecule has 7 heteroatoms. The number of thioether (sulfide) groups is 1. The lowest BCUT2D eigenvalue weighted by atomic mass is 10.0. The molecule has 2 aliphatic heterocycles. The lowest BCUT2D eigenvalue weighted by Crippen LogP contribution is -2.47. The summed E-state index contributed by atoms with van der Waals surface area (Å²) < 4.78 is 0. The number of amides is 2. The SMILES string of the molecule is CCC(SC1=Nc2ccccc2C2=NC(=O)C(C(C)C)N12)C(=O)Nc1ccccc1C. The van der Waals surface area contributed by atoms with Crippen LogP contribution in [0.15, 0.2) is 58.5 Å². The Hall–Kier alpha value is -2.93. The van der Waals surface area contributed by atoms with Gasteiger partial charge in [-0.3, -0.25) is 14.5 Å². The third kappa shape index (κ3) is 4.02. The van der Waals surface area contributed by atoms with Crippen molar-refractivity contribution in [1.29, 1.82) is 0 Å². The van der Waals surface area contributed by atoms with Gasteiger partial charge in [-0.1, -0.05) is 62.9 Å². The number of nitrogens with zero attached hydrogens (tertiary/aromatic N) is 3. The fourth-order valence-electron chi connectivity index (χ4n) is 3.83. The largest absolute Gasteiger partial charge is 0.325 e. The van der Waals surface area contributed by atoms with Gasteiger partial charge in [-0.25, -0.2) is 4.99 Å². The van der Waals surface area contributed by atoms with Crippen LogP contribution in [0.5, 0.6) is 0 Å². The van der Waals surface area contributed by atoms with Crippen molar-refractivity contribution in [2.75, 3.05) is 5.32 Å². The van der Waals surface area contributed by atoms with E-state index < -0.39 is 6.04 Å². The molecule has 0 fully saturated rings. The number of hydrogen-bond acceptors (Lipinski definition) is 5. The van der Waals surface area contributed by atoms with Crippen molar-refractivity contribution >= 4 is 46.0 Å². The predicted molar refractivity (Wildman–Crippen MR) is 127 cm³/mol. The van der Waals surface area contributed by atoms with Crippen molar-refractivity contribution in [1.82, 2.24) is 4.90 Å². The first kappa shape index (κ1) is 21.3. The van der Waals surface area contributed by atoms with Gasteiger partial charge in [-0.2, -0.15) is 4.99 Å². The topological polar surface area (TPSA) is 74.1 Å². The Labute approximate surface area is 186 Å². The average Bonchev–Trinajstić information content (AvgIpc) is 3.11. The number of amidine groups is 2. The Morgan fingerprint density at radius 1 is 1.13 bits per heavy atom. The Morgan fingerprint density at radius 3 is 2.55 bits per heavy atom. The van der Waals surface area contributed by atoms with Crippen LogP contribution in [0.3, 0.4) is 0 Å². The fraction of sp³-hybridized carbons (Fsp3) is 0.333. The lowest BCUT2D eigenvalue weighted by Gasteiger charge is -2.33. The maximum absolute atomic E-state index is 13.1. The van der Waals surface area contributed by atoms with E-state index in [2.05, 4.69) is 10.3 Å². The van der Waals surface area contributed by atoms with Crippen LogP contribution in [0.1, 0.15) is 38.3 Å². The number of rotatable bonds is 5. The first-order chi connectivity index (χ1) is 14.9. The summed E-state index contributed by atoms with van der Waals surface area (Å²) in [5.41, 5.74) is 3.44. The second-order valence-electron chi connectivity index (χ2n) is 8.06. The number of aliphatic imine (C=N–C) groups is 2. The van der Waals surface area contributed by atoms with E-state index in [0.717, 1.165) is 22.5 Å². The van der Waals surface area contributed by atoms with E-state index in [-0.39, 0.29) is 23.0 Å². The Balaban J connectivity index is 1.66. The van der Waals surface area contributed by atoms with Gasteiger partial charge in [0.2, 0.25) is 5.91 Å². The molecule has 0 aromatic heterocycles. The van der Waals surface area contributed by atoms with Crippen molar-refractivity contribution in [2.45, 2.75) is 45.4 Å². The van der Waals surface area contributed by atoms with Gasteiger partial charge in [0.1, 0.15) is 11.9 Å². The van der Waals surface area contributed by atoms with Crippen LogP contribution < -0.4 is 5.32 Å². The third-order valence-corrected chi connectivity index (χ3v) is 6.82. The minimum absolute atomic E-state index is 0.0608. The summed E-state index contributed by atoms with van der Waals surface area (Å²) in [4.78, 5) is 37.0. The van der Waals surface area contributed by atoms with E-state index in [1.807, 2.05) is 81.1 Å². The Morgan fingerprint density at radius 2 is 1.84 bits per heavy atom. The molecule has 2 amide bonds. The Bertz CT molecular complexity index is 1090. The first-order valence-corrected chi connectivity index (χ1v) is 11.4. The van der Waals surface area contributed by atoms with E-state index in [4.69, 9.17) is 4.99 Å². The molecule has 31 heavy (non-hydrogen) atoms. The van der Waals surface area contributed by atoms with Gasteiger partial charge in [0, 0.05) is 11.3 Å². The van der Waals surface area contributed by atoms with Crippen molar-refractivity contribution in [2.24, 2.45) is 15.9 Å². The highest BCUT2D eigenvalue weighted by molar-refractivity contribution is 8.15. The molecule has 1 N–H and O–H groups in total. The van der Waals surface area contributed by atoms with Crippen molar-refractivity contribution in [3.63, 3.8) is 0 Å². The van der Waals surface area contributed by atoms with Crippen LogP contribution in [0.4, 0.5) is 11.4 Å². The maximum Gasteiger partial charge on any atom is 0.271 e. The highest BCUT2D eigenvalue weighted by atomic mass is 32.2. The average molecular weight is 435 g/mol. The number of anilines is 1. The number of benzene rings is 2. The molecule has 2 aromatic rings. The highest BCUT2D eigenvalue weighted by Crippen LogP contribution is 2.37. The molecular weight excluding hydrogens is 408 g/mol. The molecule has 0 saturated heterocycles. The van der Waals surface area contributed by atoms with Gasteiger partial charge in [0.05, 0.1) is 10.9 Å². The van der Waals surface area contributed by atoms with E-state index in [1.165, 1.54) is 11.8 Å². The van der Waals surface area contributed by atoms with Gasteiger partial charge in [0.25, 0.3) is 5.91 Å².